The van der Waals surface area contributed by atoms with E-state index < -0.39 is 5.97 Å². The van der Waals surface area contributed by atoms with Gasteiger partial charge in [0.05, 0.1) is 13.1 Å². The Hall–Kier alpha value is -1.47. The molecule has 0 unspecified atom stereocenters. The SMILES string of the molecule is CCCCc1noc(CN(CCN(C)C)CC(=O)O)n1. The molecule has 0 atom stereocenters. The second kappa shape index (κ2) is 8.65. The maximum Gasteiger partial charge on any atom is 0.317 e. The van der Waals surface area contributed by atoms with Crippen LogP contribution in [0, 0.1) is 0 Å². The first-order chi connectivity index (χ1) is 9.51. The largest absolute Gasteiger partial charge is 0.480 e. The van der Waals surface area contributed by atoms with Gasteiger partial charge in [-0.15, -0.1) is 0 Å². The molecule has 20 heavy (non-hydrogen) atoms. The Kier molecular flexibility index (Phi) is 7.17. The molecule has 0 spiro atoms. The molecule has 7 nitrogen and oxygen atoms in total. The van der Waals surface area contributed by atoms with E-state index in [-0.39, 0.29) is 6.54 Å². The van der Waals surface area contributed by atoms with Gasteiger partial charge in [-0.2, -0.15) is 4.98 Å². The number of hydrogen-bond acceptors (Lipinski definition) is 6. The predicted octanol–water partition coefficient (Wildman–Crippen LogP) is 0.860. The molecule has 1 N–H and O–H groups in total. The fraction of sp³-hybridized carbons (Fsp3) is 0.769. The molecule has 0 aliphatic rings. The maximum atomic E-state index is 10.9. The van der Waals surface area contributed by atoms with Gasteiger partial charge in [-0.3, -0.25) is 9.69 Å². The molecule has 0 fully saturated rings. The summed E-state index contributed by atoms with van der Waals surface area (Å²) < 4.78 is 5.17. The molecule has 7 heteroatoms. The summed E-state index contributed by atoms with van der Waals surface area (Å²) in [4.78, 5) is 19.0. The van der Waals surface area contributed by atoms with Crippen molar-refractivity contribution >= 4 is 5.97 Å². The van der Waals surface area contributed by atoms with Crippen LogP contribution in [0.5, 0.6) is 0 Å². The summed E-state index contributed by atoms with van der Waals surface area (Å²) in [6, 6.07) is 0. The fourth-order valence-electron chi connectivity index (χ4n) is 1.73. The predicted molar refractivity (Wildman–Crippen MR) is 74.4 cm³/mol. The third-order valence-corrected chi connectivity index (χ3v) is 2.85. The number of aryl methyl sites for hydroxylation is 1. The number of aliphatic carboxylic acids is 1. The molecule has 0 aliphatic heterocycles. The topological polar surface area (TPSA) is 82.7 Å². The van der Waals surface area contributed by atoms with Crippen LogP contribution in [0.4, 0.5) is 0 Å². The standard InChI is InChI=1S/C13H24N4O3/c1-4-5-6-11-14-12(20-15-11)9-17(10-13(18)19)8-7-16(2)3/h4-10H2,1-3H3,(H,18,19). The number of hydrogen-bond donors (Lipinski definition) is 1. The van der Waals surface area contributed by atoms with Gasteiger partial charge in [-0.25, -0.2) is 0 Å². The molecule has 1 aromatic rings. The van der Waals surface area contributed by atoms with E-state index in [0.29, 0.717) is 24.8 Å². The van der Waals surface area contributed by atoms with E-state index in [0.717, 1.165) is 25.8 Å². The molecule has 1 rings (SSSR count). The van der Waals surface area contributed by atoms with Crippen molar-refractivity contribution in [3.63, 3.8) is 0 Å². The Bertz CT molecular complexity index is 406. The Labute approximate surface area is 119 Å². The van der Waals surface area contributed by atoms with Crippen LogP contribution in [0.1, 0.15) is 31.5 Å². The summed E-state index contributed by atoms with van der Waals surface area (Å²) in [5.41, 5.74) is 0. The first-order valence-corrected chi connectivity index (χ1v) is 6.91. The number of rotatable bonds is 10. The Balaban J connectivity index is 2.54. The lowest BCUT2D eigenvalue weighted by Crippen LogP contribution is -2.35. The van der Waals surface area contributed by atoms with E-state index in [1.807, 2.05) is 19.0 Å². The first-order valence-electron chi connectivity index (χ1n) is 6.91. The number of unbranched alkanes of at least 4 members (excludes halogenated alkanes) is 1. The summed E-state index contributed by atoms with van der Waals surface area (Å²) in [6.45, 7) is 3.88. The highest BCUT2D eigenvalue weighted by atomic mass is 16.5. The molecule has 0 saturated carbocycles. The van der Waals surface area contributed by atoms with Gasteiger partial charge in [-0.1, -0.05) is 18.5 Å². The van der Waals surface area contributed by atoms with Crippen LogP contribution < -0.4 is 0 Å². The molecule has 114 valence electrons. The number of likely N-dealkylation sites (N-methyl/N-ethyl adjacent to an activating group) is 1. The average molecular weight is 284 g/mol. The van der Waals surface area contributed by atoms with Crippen molar-refractivity contribution in [2.45, 2.75) is 32.7 Å². The number of carboxylic acid groups (broad SMARTS) is 1. The Morgan fingerprint density at radius 2 is 2.10 bits per heavy atom. The quantitative estimate of drug-likeness (QED) is 0.682. The second-order valence-corrected chi connectivity index (χ2v) is 5.12. The molecule has 0 bridgehead atoms. The van der Waals surface area contributed by atoms with E-state index in [1.54, 1.807) is 4.90 Å². The minimum Gasteiger partial charge on any atom is -0.480 e. The third kappa shape index (κ3) is 6.63. The van der Waals surface area contributed by atoms with Gasteiger partial charge in [0, 0.05) is 19.5 Å². The van der Waals surface area contributed by atoms with Crippen LogP contribution >= 0.6 is 0 Å². The van der Waals surface area contributed by atoms with Gasteiger partial charge < -0.3 is 14.5 Å². The van der Waals surface area contributed by atoms with Crippen molar-refractivity contribution < 1.29 is 14.4 Å². The van der Waals surface area contributed by atoms with E-state index in [9.17, 15) is 4.79 Å². The monoisotopic (exact) mass is 284 g/mol. The molecule has 0 saturated heterocycles. The number of aromatic nitrogens is 2. The summed E-state index contributed by atoms with van der Waals surface area (Å²) >= 11 is 0. The molecule has 1 heterocycles. The highest BCUT2D eigenvalue weighted by Gasteiger charge is 2.15. The lowest BCUT2D eigenvalue weighted by atomic mass is 10.2. The highest BCUT2D eigenvalue weighted by Crippen LogP contribution is 2.05. The van der Waals surface area contributed by atoms with Crippen LogP contribution in [0.3, 0.4) is 0 Å². The zero-order chi connectivity index (χ0) is 15.0. The molecule has 1 aromatic heterocycles. The third-order valence-electron chi connectivity index (χ3n) is 2.85. The van der Waals surface area contributed by atoms with Crippen LogP contribution in [0.25, 0.3) is 0 Å². The normalized spacial score (nSPS) is 11.4. The average Bonchev–Trinajstić information content (AvgIpc) is 2.80. The fourth-order valence-corrected chi connectivity index (χ4v) is 1.73. The number of carboxylic acids is 1. The maximum absolute atomic E-state index is 10.9. The van der Waals surface area contributed by atoms with Crippen molar-refractivity contribution in [1.82, 2.24) is 19.9 Å². The van der Waals surface area contributed by atoms with Crippen LogP contribution in [0.2, 0.25) is 0 Å². The van der Waals surface area contributed by atoms with Crippen molar-refractivity contribution in [2.24, 2.45) is 0 Å². The van der Waals surface area contributed by atoms with Crippen molar-refractivity contribution in [3.8, 4) is 0 Å². The molecular formula is C13H24N4O3. The van der Waals surface area contributed by atoms with Crippen LogP contribution in [-0.4, -0.2) is 64.7 Å². The van der Waals surface area contributed by atoms with E-state index in [1.165, 1.54) is 0 Å². The van der Waals surface area contributed by atoms with Gasteiger partial charge in [-0.05, 0) is 20.5 Å². The summed E-state index contributed by atoms with van der Waals surface area (Å²) in [5, 5.41) is 12.8. The van der Waals surface area contributed by atoms with Gasteiger partial charge in [0.15, 0.2) is 5.82 Å². The second-order valence-electron chi connectivity index (χ2n) is 5.12. The van der Waals surface area contributed by atoms with Crippen molar-refractivity contribution in [3.05, 3.63) is 11.7 Å². The van der Waals surface area contributed by atoms with Gasteiger partial charge in [0.25, 0.3) is 0 Å². The molecule has 0 aromatic carbocycles. The summed E-state index contributed by atoms with van der Waals surface area (Å²) in [6.07, 6.45) is 2.91. The zero-order valence-corrected chi connectivity index (χ0v) is 12.5. The lowest BCUT2D eigenvalue weighted by molar-refractivity contribution is -0.138. The van der Waals surface area contributed by atoms with Crippen LogP contribution in [0.15, 0.2) is 4.52 Å². The highest BCUT2D eigenvalue weighted by molar-refractivity contribution is 5.69. The van der Waals surface area contributed by atoms with Crippen LogP contribution in [-0.2, 0) is 17.8 Å². The van der Waals surface area contributed by atoms with E-state index in [4.69, 9.17) is 9.63 Å². The number of nitrogens with zero attached hydrogens (tertiary/aromatic N) is 4. The van der Waals surface area contributed by atoms with Crippen molar-refractivity contribution in [1.29, 1.82) is 0 Å². The van der Waals surface area contributed by atoms with Gasteiger partial charge in [0.1, 0.15) is 0 Å². The first kappa shape index (κ1) is 16.6. The molecule has 0 radical (unpaired) electrons. The summed E-state index contributed by atoms with van der Waals surface area (Å²) in [7, 11) is 3.91. The molecule has 0 aliphatic carbocycles. The molecule has 0 amide bonds. The van der Waals surface area contributed by atoms with E-state index in [2.05, 4.69) is 17.1 Å². The molecular weight excluding hydrogens is 260 g/mol. The summed E-state index contributed by atoms with van der Waals surface area (Å²) in [5.74, 6) is 0.329. The van der Waals surface area contributed by atoms with E-state index >= 15 is 0 Å². The van der Waals surface area contributed by atoms with Crippen molar-refractivity contribution in [2.75, 3.05) is 33.7 Å². The Morgan fingerprint density at radius 1 is 1.35 bits per heavy atom. The minimum absolute atomic E-state index is 0.0273. The minimum atomic E-state index is -0.852. The van der Waals surface area contributed by atoms with Gasteiger partial charge >= 0.3 is 5.97 Å². The number of carbonyl (C=O) groups is 1. The Morgan fingerprint density at radius 3 is 2.70 bits per heavy atom. The zero-order valence-electron chi connectivity index (χ0n) is 12.5. The smallest absolute Gasteiger partial charge is 0.317 e. The van der Waals surface area contributed by atoms with Gasteiger partial charge in [0.2, 0.25) is 5.89 Å². The lowest BCUT2D eigenvalue weighted by Gasteiger charge is -2.20.